The molecule has 7 heteroatoms. The average molecular weight is 304 g/mol. The van der Waals surface area contributed by atoms with Gasteiger partial charge in [-0.05, 0) is 35.7 Å². The number of hydrogen-bond acceptors (Lipinski definition) is 5. The lowest BCUT2D eigenvalue weighted by atomic mass is 10.1. The van der Waals surface area contributed by atoms with Crippen molar-refractivity contribution in [1.82, 2.24) is 0 Å². The van der Waals surface area contributed by atoms with Crippen molar-refractivity contribution < 1.29 is 19.1 Å². The molecular formula is C14H12N2O4S. The standard InChI is InChI=1S/C14H12N2O4S/c1-20-14(19)9-4-2-8(3-5-9)12(18)16-13-10(11(15)17)6-7-21-13/h2-7H,1H3,(H2,15,17)(H,16,18). The molecule has 0 aliphatic heterocycles. The Morgan fingerprint density at radius 1 is 1.10 bits per heavy atom. The monoisotopic (exact) mass is 304 g/mol. The Balaban J connectivity index is 2.15. The van der Waals surface area contributed by atoms with E-state index in [0.29, 0.717) is 16.1 Å². The molecule has 0 aliphatic carbocycles. The Bertz CT molecular complexity index is 691. The number of benzene rings is 1. The van der Waals surface area contributed by atoms with Crippen molar-refractivity contribution in [3.8, 4) is 0 Å². The zero-order valence-corrected chi connectivity index (χ0v) is 11.9. The molecule has 0 unspecified atom stereocenters. The first-order valence-electron chi connectivity index (χ1n) is 5.90. The number of methoxy groups -OCH3 is 1. The van der Waals surface area contributed by atoms with Crippen LogP contribution in [0.1, 0.15) is 31.1 Å². The summed E-state index contributed by atoms with van der Waals surface area (Å²) < 4.78 is 4.57. The number of thiophene rings is 1. The summed E-state index contributed by atoms with van der Waals surface area (Å²) in [7, 11) is 1.28. The summed E-state index contributed by atoms with van der Waals surface area (Å²) in [5, 5.41) is 4.67. The Labute approximate surface area is 124 Å². The number of esters is 1. The molecule has 6 nitrogen and oxygen atoms in total. The van der Waals surface area contributed by atoms with Gasteiger partial charge in [0.25, 0.3) is 11.8 Å². The van der Waals surface area contributed by atoms with Crippen LogP contribution in [-0.4, -0.2) is 24.9 Å². The highest BCUT2D eigenvalue weighted by Gasteiger charge is 2.14. The Morgan fingerprint density at radius 3 is 2.29 bits per heavy atom. The van der Waals surface area contributed by atoms with Crippen LogP contribution in [0.15, 0.2) is 35.7 Å². The molecule has 0 bridgehead atoms. The molecule has 0 aliphatic rings. The second-order valence-electron chi connectivity index (χ2n) is 4.05. The van der Waals surface area contributed by atoms with Crippen LogP contribution >= 0.6 is 11.3 Å². The van der Waals surface area contributed by atoms with Gasteiger partial charge in [-0.15, -0.1) is 11.3 Å². The predicted octanol–water partition coefficient (Wildman–Crippen LogP) is 1.89. The van der Waals surface area contributed by atoms with Crippen LogP contribution in [0.3, 0.4) is 0 Å². The summed E-state index contributed by atoms with van der Waals surface area (Å²) in [6.07, 6.45) is 0. The first-order chi connectivity index (χ1) is 10.0. The van der Waals surface area contributed by atoms with E-state index in [1.807, 2.05) is 0 Å². The van der Waals surface area contributed by atoms with Gasteiger partial charge >= 0.3 is 5.97 Å². The molecule has 2 amide bonds. The Morgan fingerprint density at radius 2 is 1.71 bits per heavy atom. The fourth-order valence-corrected chi connectivity index (χ4v) is 2.44. The van der Waals surface area contributed by atoms with Crippen molar-refractivity contribution in [3.63, 3.8) is 0 Å². The summed E-state index contributed by atoms with van der Waals surface area (Å²) in [5.74, 6) is -1.47. The van der Waals surface area contributed by atoms with Crippen molar-refractivity contribution in [2.24, 2.45) is 5.73 Å². The normalized spacial score (nSPS) is 9.95. The predicted molar refractivity (Wildman–Crippen MR) is 78.6 cm³/mol. The van der Waals surface area contributed by atoms with E-state index in [1.54, 1.807) is 11.4 Å². The molecule has 0 atom stereocenters. The fraction of sp³-hybridized carbons (Fsp3) is 0.0714. The maximum Gasteiger partial charge on any atom is 0.337 e. The van der Waals surface area contributed by atoms with E-state index < -0.39 is 17.8 Å². The summed E-state index contributed by atoms with van der Waals surface area (Å²) in [5.41, 5.74) is 6.17. The molecule has 3 N–H and O–H groups in total. The summed E-state index contributed by atoms with van der Waals surface area (Å²) >= 11 is 1.21. The van der Waals surface area contributed by atoms with Crippen molar-refractivity contribution in [2.45, 2.75) is 0 Å². The van der Waals surface area contributed by atoms with Crippen LogP contribution in [0, 0.1) is 0 Å². The van der Waals surface area contributed by atoms with E-state index in [9.17, 15) is 14.4 Å². The fourth-order valence-electron chi connectivity index (χ4n) is 1.65. The maximum atomic E-state index is 12.1. The Hall–Kier alpha value is -2.67. The number of primary amides is 1. The minimum absolute atomic E-state index is 0.263. The highest BCUT2D eigenvalue weighted by molar-refractivity contribution is 7.14. The topological polar surface area (TPSA) is 98.5 Å². The minimum atomic E-state index is -0.604. The third-order valence-corrected chi connectivity index (χ3v) is 3.56. The number of rotatable bonds is 4. The number of carbonyl (C=O) groups is 3. The highest BCUT2D eigenvalue weighted by Crippen LogP contribution is 2.23. The van der Waals surface area contributed by atoms with Gasteiger partial charge < -0.3 is 15.8 Å². The zero-order valence-electron chi connectivity index (χ0n) is 11.1. The van der Waals surface area contributed by atoms with Gasteiger partial charge in [0.05, 0.1) is 18.2 Å². The molecule has 0 spiro atoms. The van der Waals surface area contributed by atoms with Crippen LogP contribution in [0.5, 0.6) is 0 Å². The molecule has 0 saturated carbocycles. The maximum absolute atomic E-state index is 12.1. The molecule has 1 heterocycles. The first-order valence-corrected chi connectivity index (χ1v) is 6.78. The van der Waals surface area contributed by atoms with Gasteiger partial charge in [-0.2, -0.15) is 0 Å². The van der Waals surface area contributed by atoms with Crippen LogP contribution in [0.4, 0.5) is 5.00 Å². The lowest BCUT2D eigenvalue weighted by Gasteiger charge is -2.05. The van der Waals surface area contributed by atoms with Crippen LogP contribution in [-0.2, 0) is 4.74 Å². The second kappa shape index (κ2) is 6.19. The minimum Gasteiger partial charge on any atom is -0.465 e. The van der Waals surface area contributed by atoms with Gasteiger partial charge in [-0.25, -0.2) is 4.79 Å². The largest absolute Gasteiger partial charge is 0.465 e. The van der Waals surface area contributed by atoms with Crippen LogP contribution in [0.2, 0.25) is 0 Å². The lowest BCUT2D eigenvalue weighted by Crippen LogP contribution is -2.16. The summed E-state index contributed by atoms with van der Waals surface area (Å²) in [4.78, 5) is 34.5. The van der Waals surface area contributed by atoms with Gasteiger partial charge in [0.1, 0.15) is 5.00 Å². The number of nitrogens with one attached hydrogen (secondary N) is 1. The quantitative estimate of drug-likeness (QED) is 0.843. The van der Waals surface area contributed by atoms with Crippen molar-refractivity contribution >= 4 is 34.1 Å². The number of amides is 2. The van der Waals surface area contributed by atoms with Gasteiger partial charge in [0.2, 0.25) is 0 Å². The first kappa shape index (κ1) is 14.7. The molecule has 0 saturated heterocycles. The van der Waals surface area contributed by atoms with Crippen LogP contribution in [0.25, 0.3) is 0 Å². The molecule has 108 valence electrons. The van der Waals surface area contributed by atoms with E-state index in [2.05, 4.69) is 10.1 Å². The molecule has 2 rings (SSSR count). The van der Waals surface area contributed by atoms with Crippen molar-refractivity contribution in [2.75, 3.05) is 12.4 Å². The molecule has 2 aromatic rings. The van der Waals surface area contributed by atoms with Gasteiger partial charge in [-0.3, -0.25) is 9.59 Å². The third kappa shape index (κ3) is 3.26. The molecule has 1 aromatic carbocycles. The molecule has 1 aromatic heterocycles. The molecular weight excluding hydrogens is 292 g/mol. The van der Waals surface area contributed by atoms with E-state index >= 15 is 0 Å². The number of anilines is 1. The van der Waals surface area contributed by atoms with Gasteiger partial charge in [-0.1, -0.05) is 0 Å². The van der Waals surface area contributed by atoms with Crippen LogP contribution < -0.4 is 11.1 Å². The summed E-state index contributed by atoms with van der Waals surface area (Å²) in [6, 6.07) is 7.52. The number of ether oxygens (including phenoxy) is 1. The lowest BCUT2D eigenvalue weighted by molar-refractivity contribution is 0.0600. The van der Waals surface area contributed by atoms with Crippen molar-refractivity contribution in [3.05, 3.63) is 52.4 Å². The van der Waals surface area contributed by atoms with E-state index in [-0.39, 0.29) is 5.56 Å². The smallest absolute Gasteiger partial charge is 0.337 e. The molecule has 0 radical (unpaired) electrons. The zero-order chi connectivity index (χ0) is 15.4. The van der Waals surface area contributed by atoms with Gasteiger partial charge in [0, 0.05) is 5.56 Å². The van der Waals surface area contributed by atoms with Gasteiger partial charge in [0.15, 0.2) is 0 Å². The second-order valence-corrected chi connectivity index (χ2v) is 4.97. The summed E-state index contributed by atoms with van der Waals surface area (Å²) in [6.45, 7) is 0. The average Bonchev–Trinajstić information content (AvgIpc) is 2.95. The van der Waals surface area contributed by atoms with E-state index in [1.165, 1.54) is 42.7 Å². The Kier molecular flexibility index (Phi) is 4.34. The van der Waals surface area contributed by atoms with E-state index in [0.717, 1.165) is 0 Å². The third-order valence-electron chi connectivity index (χ3n) is 2.73. The molecule has 21 heavy (non-hydrogen) atoms. The molecule has 0 fully saturated rings. The number of hydrogen-bond donors (Lipinski definition) is 2. The SMILES string of the molecule is COC(=O)c1ccc(C(=O)Nc2sccc2C(N)=O)cc1. The highest BCUT2D eigenvalue weighted by atomic mass is 32.1. The van der Waals surface area contributed by atoms with E-state index in [4.69, 9.17) is 5.73 Å². The number of nitrogens with two attached hydrogens (primary N) is 1. The number of carbonyl (C=O) groups excluding carboxylic acids is 3. The van der Waals surface area contributed by atoms with Crippen molar-refractivity contribution in [1.29, 1.82) is 0 Å².